The molecule has 6 aromatic rings. The van der Waals surface area contributed by atoms with E-state index in [-0.39, 0.29) is 22.9 Å². The minimum atomic E-state index is -0.880. The van der Waals surface area contributed by atoms with Crippen LogP contribution in [0.1, 0.15) is 80.3 Å². The van der Waals surface area contributed by atoms with Crippen LogP contribution in [-0.2, 0) is 22.4 Å². The molecule has 1 atom stereocenters. The molecule has 294 valence electrons. The van der Waals surface area contributed by atoms with Gasteiger partial charge in [0.1, 0.15) is 11.5 Å². The van der Waals surface area contributed by atoms with Crippen molar-refractivity contribution in [3.8, 4) is 33.8 Å². The van der Waals surface area contributed by atoms with Crippen molar-refractivity contribution < 1.29 is 19.3 Å². The molecule has 4 aliphatic rings. The van der Waals surface area contributed by atoms with Gasteiger partial charge >= 0.3 is 0 Å². The largest absolute Gasteiger partial charge is 0.496 e. The highest BCUT2D eigenvalue weighted by molar-refractivity contribution is 6.10. The third kappa shape index (κ3) is 5.80. The third-order valence-electron chi connectivity index (χ3n) is 13.4. The Morgan fingerprint density at radius 2 is 1.38 bits per heavy atom. The Bertz CT molecular complexity index is 2550. The van der Waals surface area contributed by atoms with Gasteiger partial charge < -0.3 is 24.2 Å². The first kappa shape index (κ1) is 36.9. The number of hydrogen-bond acceptors (Lipinski definition) is 5. The molecule has 2 aliphatic carbocycles. The second kappa shape index (κ2) is 13.6. The van der Waals surface area contributed by atoms with Crippen LogP contribution in [0.15, 0.2) is 121 Å². The maximum atomic E-state index is 9.88. The number of benzene rings is 6. The van der Waals surface area contributed by atoms with Crippen LogP contribution in [0, 0.1) is 10.8 Å². The number of methoxy groups -OCH3 is 1. The number of anilines is 1. The first-order chi connectivity index (χ1) is 28.0. The number of nitrogens with zero attached hydrogens (tertiary/aromatic N) is 1. The van der Waals surface area contributed by atoms with Gasteiger partial charge in [0.25, 0.3) is 0 Å². The fourth-order valence-corrected chi connectivity index (χ4v) is 11.8. The first-order valence-corrected chi connectivity index (χ1v) is 20.9. The molecular formula is C53H53NO4. The van der Waals surface area contributed by atoms with Crippen LogP contribution >= 0.6 is 0 Å². The van der Waals surface area contributed by atoms with Crippen molar-refractivity contribution in [3.05, 3.63) is 155 Å². The minimum Gasteiger partial charge on any atom is -0.496 e. The van der Waals surface area contributed by atoms with Crippen LogP contribution in [0.25, 0.3) is 39.1 Å². The molecule has 1 unspecified atom stereocenters. The average Bonchev–Trinajstić information content (AvgIpc) is 3.50. The standard InChI is InChI=1S/C53H53NO4/c1-50(2)32-51(3,4)34-52(33-50)45-14-10-9-13-40(45)47-43-29-42(36-17-15-35(31-55)16-18-36)46(56-5)30-44(43)49-41(48(47)52)23-24-53(58-49,37-11-7-6-8-12-37)38-19-21-39(22-20-38)54-25-27-57-28-26-54/h6-24,29-30,55H,25-28,31-34H2,1-5H3. The fraction of sp³-hybridized carbons (Fsp3) is 0.321. The fourth-order valence-electron chi connectivity index (χ4n) is 11.8. The van der Waals surface area contributed by atoms with Crippen LogP contribution in [0.3, 0.4) is 0 Å². The normalized spacial score (nSPS) is 21.0. The summed E-state index contributed by atoms with van der Waals surface area (Å²) < 4.78 is 19.8. The van der Waals surface area contributed by atoms with Crippen LogP contribution in [0.4, 0.5) is 5.69 Å². The Morgan fingerprint density at radius 1 is 0.707 bits per heavy atom. The van der Waals surface area contributed by atoms with Crippen LogP contribution < -0.4 is 14.4 Å². The van der Waals surface area contributed by atoms with Gasteiger partial charge in [-0.1, -0.05) is 125 Å². The number of hydrogen-bond donors (Lipinski definition) is 1. The summed E-state index contributed by atoms with van der Waals surface area (Å²) >= 11 is 0. The van der Waals surface area contributed by atoms with E-state index in [4.69, 9.17) is 14.2 Å². The van der Waals surface area contributed by atoms with Crippen molar-refractivity contribution >= 4 is 22.5 Å². The maximum Gasteiger partial charge on any atom is 0.178 e. The summed E-state index contributed by atoms with van der Waals surface area (Å²) in [6.45, 7) is 13.1. The van der Waals surface area contributed by atoms with Gasteiger partial charge in [0.05, 0.1) is 26.9 Å². The molecule has 1 spiro atoms. The summed E-state index contributed by atoms with van der Waals surface area (Å²) in [5.74, 6) is 1.68. The number of aliphatic hydroxyl groups excluding tert-OH is 1. The Kier molecular flexibility index (Phi) is 8.67. The van der Waals surface area contributed by atoms with Crippen LogP contribution in [0.2, 0.25) is 0 Å². The zero-order valence-electron chi connectivity index (χ0n) is 34.4. The van der Waals surface area contributed by atoms with E-state index in [9.17, 15) is 5.11 Å². The van der Waals surface area contributed by atoms with E-state index in [0.717, 1.165) is 83.8 Å². The van der Waals surface area contributed by atoms with Gasteiger partial charge in [-0.15, -0.1) is 0 Å². The van der Waals surface area contributed by atoms with Gasteiger partial charge in [-0.25, -0.2) is 0 Å². The second-order valence-corrected chi connectivity index (χ2v) is 18.6. The van der Waals surface area contributed by atoms with E-state index in [0.29, 0.717) is 0 Å². The maximum absolute atomic E-state index is 9.88. The van der Waals surface area contributed by atoms with E-state index in [1.165, 1.54) is 45.3 Å². The molecular weight excluding hydrogens is 715 g/mol. The molecule has 0 aromatic heterocycles. The third-order valence-corrected chi connectivity index (χ3v) is 13.4. The highest BCUT2D eigenvalue weighted by Gasteiger charge is 2.55. The molecule has 0 radical (unpaired) electrons. The quantitative estimate of drug-likeness (QED) is 0.183. The monoisotopic (exact) mass is 767 g/mol. The van der Waals surface area contributed by atoms with Crippen LogP contribution in [-0.4, -0.2) is 38.5 Å². The molecule has 6 aromatic carbocycles. The van der Waals surface area contributed by atoms with Gasteiger partial charge in [-0.3, -0.25) is 0 Å². The van der Waals surface area contributed by atoms with Gasteiger partial charge in [-0.2, -0.15) is 0 Å². The lowest BCUT2D eigenvalue weighted by atomic mass is 9.52. The lowest BCUT2D eigenvalue weighted by Gasteiger charge is -2.52. The summed E-state index contributed by atoms with van der Waals surface area (Å²) in [6.07, 6.45) is 8.00. The predicted molar refractivity (Wildman–Crippen MR) is 236 cm³/mol. The van der Waals surface area contributed by atoms with Crippen molar-refractivity contribution in [2.24, 2.45) is 10.8 Å². The molecule has 5 heteroatoms. The van der Waals surface area contributed by atoms with E-state index in [1.807, 2.05) is 12.1 Å². The number of rotatable bonds is 6. The average molecular weight is 768 g/mol. The lowest BCUT2D eigenvalue weighted by molar-refractivity contribution is 0.0642. The Morgan fingerprint density at radius 3 is 2.07 bits per heavy atom. The molecule has 5 nitrogen and oxygen atoms in total. The van der Waals surface area contributed by atoms with Crippen molar-refractivity contribution in [1.82, 2.24) is 0 Å². The molecule has 1 saturated heterocycles. The number of morpholine rings is 1. The van der Waals surface area contributed by atoms with E-state index in [1.54, 1.807) is 7.11 Å². The zero-order chi connectivity index (χ0) is 39.9. The summed E-state index contributed by atoms with van der Waals surface area (Å²) in [7, 11) is 1.76. The van der Waals surface area contributed by atoms with Crippen LogP contribution in [0.5, 0.6) is 11.5 Å². The molecule has 0 bridgehead atoms. The molecule has 2 fully saturated rings. The predicted octanol–water partition coefficient (Wildman–Crippen LogP) is 11.7. The molecule has 2 aliphatic heterocycles. The Labute approximate surface area is 342 Å². The van der Waals surface area contributed by atoms with E-state index in [2.05, 4.69) is 148 Å². The Balaban J connectivity index is 1.27. The zero-order valence-corrected chi connectivity index (χ0v) is 34.4. The summed E-state index contributed by atoms with van der Waals surface area (Å²) in [5.41, 5.74) is 12.1. The highest BCUT2D eigenvalue weighted by Crippen LogP contribution is 2.67. The number of fused-ring (bicyclic) bond motifs is 10. The summed E-state index contributed by atoms with van der Waals surface area (Å²) in [5, 5.41) is 12.1. The summed E-state index contributed by atoms with van der Waals surface area (Å²) in [6, 6.07) is 41.6. The SMILES string of the molecule is COc1cc2c3c(c4c(c2cc1-c1ccc(CO)cc1)-c1ccccc1C41CC(C)(C)CC(C)(C)C1)C=CC(c1ccccc1)(c1ccc(N2CCOCC2)cc1)O3. The molecule has 10 rings (SSSR count). The van der Waals surface area contributed by atoms with Gasteiger partial charge in [0.2, 0.25) is 0 Å². The van der Waals surface area contributed by atoms with Gasteiger partial charge in [0, 0.05) is 51.8 Å². The topological polar surface area (TPSA) is 51.2 Å². The molecule has 0 amide bonds. The van der Waals surface area contributed by atoms with Crippen molar-refractivity contribution in [1.29, 1.82) is 0 Å². The first-order valence-electron chi connectivity index (χ1n) is 20.9. The molecule has 58 heavy (non-hydrogen) atoms. The van der Waals surface area contributed by atoms with Crippen molar-refractivity contribution in [2.75, 3.05) is 38.3 Å². The van der Waals surface area contributed by atoms with E-state index >= 15 is 0 Å². The Hall–Kier alpha value is -5.36. The number of aliphatic hydroxyl groups is 1. The highest BCUT2D eigenvalue weighted by atomic mass is 16.5. The summed E-state index contributed by atoms with van der Waals surface area (Å²) in [4.78, 5) is 2.40. The van der Waals surface area contributed by atoms with Gasteiger partial charge in [0.15, 0.2) is 5.60 Å². The second-order valence-electron chi connectivity index (χ2n) is 18.6. The van der Waals surface area contributed by atoms with Gasteiger partial charge in [-0.05, 0) is 99.2 Å². The molecule has 1 N–H and O–H groups in total. The van der Waals surface area contributed by atoms with E-state index < -0.39 is 5.60 Å². The lowest BCUT2D eigenvalue weighted by Crippen LogP contribution is -2.44. The van der Waals surface area contributed by atoms with Crippen molar-refractivity contribution in [3.63, 3.8) is 0 Å². The van der Waals surface area contributed by atoms with Crippen molar-refractivity contribution in [2.45, 2.75) is 64.6 Å². The molecule has 1 saturated carbocycles. The minimum absolute atomic E-state index is 0.00427. The number of ether oxygens (including phenoxy) is 3. The molecule has 2 heterocycles. The smallest absolute Gasteiger partial charge is 0.178 e.